The number of carbonyl (C=O) groups excluding carboxylic acids is 2. The zero-order valence-electron chi connectivity index (χ0n) is 16.7. The van der Waals surface area contributed by atoms with Crippen LogP contribution in [0.2, 0.25) is 0 Å². The van der Waals surface area contributed by atoms with Gasteiger partial charge in [0.15, 0.2) is 11.4 Å². The number of imide groups is 1. The molecule has 10 nitrogen and oxygen atoms in total. The molecule has 5 rings (SSSR count). The first-order valence-electron chi connectivity index (χ1n) is 9.84. The number of anilines is 3. The van der Waals surface area contributed by atoms with Crippen molar-refractivity contribution in [1.82, 2.24) is 25.2 Å². The molecule has 2 aliphatic rings. The summed E-state index contributed by atoms with van der Waals surface area (Å²) in [6.07, 6.45) is 0.307. The van der Waals surface area contributed by atoms with Crippen LogP contribution in [-0.4, -0.2) is 38.4 Å². The van der Waals surface area contributed by atoms with Gasteiger partial charge < -0.3 is 21.1 Å². The number of benzene rings is 2. The number of amides is 3. The molecule has 0 radical (unpaired) electrons. The van der Waals surface area contributed by atoms with Crippen LogP contribution in [0, 0.1) is 5.82 Å². The van der Waals surface area contributed by atoms with Gasteiger partial charge in [-0.2, -0.15) is 15.0 Å². The molecule has 11 heteroatoms. The lowest BCUT2D eigenvalue weighted by atomic mass is 9.84. The molecule has 3 heterocycles. The number of urea groups is 1. The van der Waals surface area contributed by atoms with Crippen LogP contribution in [0.4, 0.5) is 26.8 Å². The first kappa shape index (κ1) is 19.7. The maximum Gasteiger partial charge on any atom is 0.325 e. The molecule has 0 aliphatic carbocycles. The van der Waals surface area contributed by atoms with E-state index in [9.17, 15) is 14.0 Å². The van der Waals surface area contributed by atoms with E-state index in [-0.39, 0.29) is 30.1 Å². The summed E-state index contributed by atoms with van der Waals surface area (Å²) in [5, 5.41) is 5.72. The van der Waals surface area contributed by atoms with Crippen molar-refractivity contribution in [2.24, 2.45) is 0 Å². The number of hydrogen-bond acceptors (Lipinski definition) is 8. The smallest absolute Gasteiger partial charge is 0.325 e. The number of halogens is 1. The second-order valence-electron chi connectivity index (χ2n) is 7.39. The molecule has 32 heavy (non-hydrogen) atoms. The number of nitrogen functional groups attached to an aromatic ring is 1. The molecule has 3 aromatic rings. The molecule has 1 spiro atoms. The minimum atomic E-state index is -1.19. The molecule has 0 saturated carbocycles. The lowest BCUT2D eigenvalue weighted by molar-refractivity contribution is -0.133. The molecule has 2 aliphatic heterocycles. The summed E-state index contributed by atoms with van der Waals surface area (Å²) in [6.45, 7) is 0.0988. The Labute approximate surface area is 181 Å². The Morgan fingerprint density at radius 2 is 1.91 bits per heavy atom. The van der Waals surface area contributed by atoms with Gasteiger partial charge in [-0.1, -0.05) is 18.2 Å². The van der Waals surface area contributed by atoms with Gasteiger partial charge in [-0.05, 0) is 30.3 Å². The lowest BCUT2D eigenvalue weighted by Crippen LogP contribution is -2.47. The summed E-state index contributed by atoms with van der Waals surface area (Å²) in [7, 11) is 0. The molecule has 0 bridgehead atoms. The highest BCUT2D eigenvalue weighted by Crippen LogP contribution is 2.41. The molecule has 1 fully saturated rings. The number of para-hydroxylation sites is 1. The molecule has 2 aromatic carbocycles. The molecular formula is C21H18FN7O3. The zero-order chi connectivity index (χ0) is 22.3. The Morgan fingerprint density at radius 3 is 2.72 bits per heavy atom. The van der Waals surface area contributed by atoms with E-state index in [2.05, 4.69) is 25.6 Å². The maximum absolute atomic E-state index is 13.4. The number of ether oxygens (including phenoxy) is 1. The Hall–Kier alpha value is -4.28. The fourth-order valence-electron chi connectivity index (χ4n) is 3.88. The fourth-order valence-corrected chi connectivity index (χ4v) is 3.88. The zero-order valence-corrected chi connectivity index (χ0v) is 16.7. The van der Waals surface area contributed by atoms with Crippen LogP contribution in [-0.2, 0) is 16.9 Å². The normalized spacial score (nSPS) is 19.5. The monoisotopic (exact) mass is 435 g/mol. The van der Waals surface area contributed by atoms with Crippen LogP contribution in [0.25, 0.3) is 0 Å². The van der Waals surface area contributed by atoms with Crippen LogP contribution in [0.5, 0.6) is 5.75 Å². The third-order valence-electron chi connectivity index (χ3n) is 5.36. The highest BCUT2D eigenvalue weighted by molar-refractivity contribution is 6.07. The third-order valence-corrected chi connectivity index (χ3v) is 5.36. The molecule has 3 amide bonds. The standard InChI is InChI=1S/C21H18FN7O3/c22-12-5-7-13(8-6-12)24-19-26-16(25-18(23)27-19)11-29-17(30)21(28-20(29)31)9-10-32-15-4-2-1-3-14(15)21/h1-8H,9-11H2,(H,28,31)(H3,23,24,25,26,27). The van der Waals surface area contributed by atoms with Crippen molar-refractivity contribution in [2.75, 3.05) is 17.7 Å². The summed E-state index contributed by atoms with van der Waals surface area (Å²) in [5.74, 6) is -0.0821. The summed E-state index contributed by atoms with van der Waals surface area (Å²) in [4.78, 5) is 39.5. The van der Waals surface area contributed by atoms with E-state index in [0.717, 1.165) is 4.90 Å². The van der Waals surface area contributed by atoms with Crippen molar-refractivity contribution in [3.8, 4) is 5.75 Å². The minimum absolute atomic E-state index is 0.0854. The molecule has 1 atom stereocenters. The van der Waals surface area contributed by atoms with Gasteiger partial charge in [-0.25, -0.2) is 9.18 Å². The lowest BCUT2D eigenvalue weighted by Gasteiger charge is -2.33. The van der Waals surface area contributed by atoms with E-state index < -0.39 is 17.5 Å². The SMILES string of the molecule is Nc1nc(CN2C(=O)NC3(CCOc4ccccc43)C2=O)nc(Nc2ccc(F)cc2)n1. The van der Waals surface area contributed by atoms with Crippen molar-refractivity contribution >= 4 is 29.5 Å². The summed E-state index contributed by atoms with van der Waals surface area (Å²) in [5.41, 5.74) is 5.75. The van der Waals surface area contributed by atoms with E-state index >= 15 is 0 Å². The largest absolute Gasteiger partial charge is 0.493 e. The third kappa shape index (κ3) is 3.33. The van der Waals surface area contributed by atoms with Gasteiger partial charge in [-0.3, -0.25) is 9.69 Å². The average molecular weight is 435 g/mol. The first-order valence-corrected chi connectivity index (χ1v) is 9.84. The topological polar surface area (TPSA) is 135 Å². The van der Waals surface area contributed by atoms with E-state index in [1.165, 1.54) is 24.3 Å². The highest BCUT2D eigenvalue weighted by Gasteiger charge is 2.54. The van der Waals surface area contributed by atoms with E-state index in [4.69, 9.17) is 10.5 Å². The van der Waals surface area contributed by atoms with Crippen LogP contribution in [0.15, 0.2) is 48.5 Å². The Morgan fingerprint density at radius 1 is 1.12 bits per heavy atom. The number of hydrogen-bond donors (Lipinski definition) is 3. The van der Waals surface area contributed by atoms with E-state index in [1.54, 1.807) is 24.3 Å². The predicted octanol–water partition coefficient (Wildman–Crippen LogP) is 2.07. The Balaban J connectivity index is 1.41. The molecular weight excluding hydrogens is 417 g/mol. The number of nitrogens with one attached hydrogen (secondary N) is 2. The van der Waals surface area contributed by atoms with Gasteiger partial charge in [-0.15, -0.1) is 0 Å². The van der Waals surface area contributed by atoms with Crippen molar-refractivity contribution in [2.45, 2.75) is 18.5 Å². The second kappa shape index (κ2) is 7.45. The summed E-state index contributed by atoms with van der Waals surface area (Å²) < 4.78 is 18.8. The number of nitrogens with zero attached hydrogens (tertiary/aromatic N) is 4. The van der Waals surface area contributed by atoms with E-state index in [1.807, 2.05) is 0 Å². The van der Waals surface area contributed by atoms with Gasteiger partial charge in [0.1, 0.15) is 11.6 Å². The van der Waals surface area contributed by atoms with Gasteiger partial charge in [0.25, 0.3) is 5.91 Å². The van der Waals surface area contributed by atoms with Crippen LogP contribution >= 0.6 is 0 Å². The molecule has 1 saturated heterocycles. The average Bonchev–Trinajstić information content (AvgIpc) is 3.00. The number of rotatable bonds is 4. The van der Waals surface area contributed by atoms with Gasteiger partial charge in [0.2, 0.25) is 11.9 Å². The van der Waals surface area contributed by atoms with Crippen LogP contribution < -0.4 is 21.1 Å². The number of nitrogens with two attached hydrogens (primary N) is 1. The minimum Gasteiger partial charge on any atom is -0.493 e. The number of carbonyl (C=O) groups is 2. The van der Waals surface area contributed by atoms with Crippen LogP contribution in [0.3, 0.4) is 0 Å². The molecule has 1 unspecified atom stereocenters. The highest BCUT2D eigenvalue weighted by atomic mass is 19.1. The van der Waals surface area contributed by atoms with Crippen molar-refractivity contribution in [3.05, 3.63) is 65.7 Å². The Kier molecular flexibility index (Phi) is 4.58. The predicted molar refractivity (Wildman–Crippen MR) is 111 cm³/mol. The van der Waals surface area contributed by atoms with Crippen molar-refractivity contribution in [1.29, 1.82) is 0 Å². The quantitative estimate of drug-likeness (QED) is 0.530. The van der Waals surface area contributed by atoms with Gasteiger partial charge in [0, 0.05) is 17.7 Å². The summed E-state index contributed by atoms with van der Waals surface area (Å²) in [6, 6.07) is 12.2. The fraction of sp³-hybridized carbons (Fsp3) is 0.190. The van der Waals surface area contributed by atoms with E-state index in [0.29, 0.717) is 30.0 Å². The Bertz CT molecular complexity index is 1220. The van der Waals surface area contributed by atoms with Gasteiger partial charge >= 0.3 is 6.03 Å². The molecule has 4 N–H and O–H groups in total. The number of fused-ring (bicyclic) bond motifs is 2. The van der Waals surface area contributed by atoms with Crippen molar-refractivity contribution in [3.63, 3.8) is 0 Å². The number of aromatic nitrogens is 3. The molecule has 1 aromatic heterocycles. The first-order chi connectivity index (χ1) is 15.4. The van der Waals surface area contributed by atoms with Crippen molar-refractivity contribution < 1.29 is 18.7 Å². The molecule has 162 valence electrons. The van der Waals surface area contributed by atoms with Crippen LogP contribution in [0.1, 0.15) is 17.8 Å². The summed E-state index contributed by atoms with van der Waals surface area (Å²) >= 11 is 0. The van der Waals surface area contributed by atoms with Gasteiger partial charge in [0.05, 0.1) is 13.2 Å². The maximum atomic E-state index is 13.4. The second-order valence-corrected chi connectivity index (χ2v) is 7.39.